The Morgan fingerprint density at radius 1 is 0.700 bits per heavy atom. The monoisotopic (exact) mass is 807 g/mol. The minimum absolute atomic E-state index is 0.0623. The highest BCUT2D eigenvalue weighted by atomic mass is 16.3. The first kappa shape index (κ1) is 41.1. The molecule has 1 atom stereocenters. The highest BCUT2D eigenvalue weighted by molar-refractivity contribution is 5.98. The summed E-state index contributed by atoms with van der Waals surface area (Å²) in [6.07, 6.45) is 8.67. The molecule has 1 unspecified atom stereocenters. The van der Waals surface area contributed by atoms with Crippen molar-refractivity contribution < 1.29 is 24.4 Å². The Morgan fingerprint density at radius 2 is 1.22 bits per heavy atom. The van der Waals surface area contributed by atoms with E-state index in [0.717, 1.165) is 32.7 Å². The number of nitrogens with zero attached hydrogens (tertiary/aromatic N) is 10. The molecule has 14 nitrogen and oxygen atoms in total. The van der Waals surface area contributed by atoms with Gasteiger partial charge in [-0.15, -0.1) is 10.2 Å². The van der Waals surface area contributed by atoms with E-state index in [1.807, 2.05) is 115 Å². The van der Waals surface area contributed by atoms with E-state index in [9.17, 15) is 19.8 Å². The molecule has 0 saturated carbocycles. The third-order valence-electron chi connectivity index (χ3n) is 10.8. The Hall–Kier alpha value is -7.09. The molecule has 2 amide bonds. The first-order valence-electron chi connectivity index (χ1n) is 20.0. The van der Waals surface area contributed by atoms with E-state index < -0.39 is 0 Å². The molecule has 0 aliphatic carbocycles. The fourth-order valence-electron chi connectivity index (χ4n) is 7.33. The summed E-state index contributed by atoms with van der Waals surface area (Å²) in [6, 6.07) is 25.8. The lowest BCUT2D eigenvalue weighted by molar-refractivity contribution is -0.657. The zero-order chi connectivity index (χ0) is 42.5. The highest BCUT2D eigenvalue weighted by Gasteiger charge is 2.24. The fraction of sp³-hybridized carbons (Fsp3) is 0.283. The first-order valence-corrected chi connectivity index (χ1v) is 20.0. The maximum absolute atomic E-state index is 13.4. The lowest BCUT2D eigenvalue weighted by Crippen LogP contribution is -2.36. The third kappa shape index (κ3) is 8.97. The van der Waals surface area contributed by atoms with Gasteiger partial charge in [0.2, 0.25) is 6.29 Å². The van der Waals surface area contributed by atoms with Gasteiger partial charge in [0.1, 0.15) is 17.2 Å². The van der Waals surface area contributed by atoms with Crippen LogP contribution in [-0.4, -0.2) is 93.3 Å². The Labute approximate surface area is 349 Å². The van der Waals surface area contributed by atoms with Gasteiger partial charge in [0.15, 0.2) is 5.69 Å². The summed E-state index contributed by atoms with van der Waals surface area (Å²) in [5, 5.41) is 42.9. The molecule has 2 N–H and O–H groups in total. The molecule has 60 heavy (non-hydrogen) atoms. The quantitative estimate of drug-likeness (QED) is 0.0835. The number of fused-ring (bicyclic) bond motifs is 2. The topological polar surface area (TPSA) is 146 Å². The van der Waals surface area contributed by atoms with Gasteiger partial charge < -0.3 is 29.8 Å². The normalized spacial score (nSPS) is 14.1. The fourth-order valence-corrected chi connectivity index (χ4v) is 7.33. The second-order valence-electron chi connectivity index (χ2n) is 15.4. The number of benzene rings is 5. The van der Waals surface area contributed by atoms with E-state index in [2.05, 4.69) is 25.4 Å². The minimum Gasteiger partial charge on any atom is -0.506 e. The predicted octanol–water partition coefficient (Wildman–Crippen LogP) is 8.47. The van der Waals surface area contributed by atoms with Crippen LogP contribution in [0.3, 0.4) is 0 Å². The predicted molar refractivity (Wildman–Crippen MR) is 232 cm³/mol. The second kappa shape index (κ2) is 17.8. The van der Waals surface area contributed by atoms with Crippen LogP contribution in [0.25, 0.3) is 21.5 Å². The number of phenolic OH excluding ortho intramolecular Hbond substituents is 2. The largest absolute Gasteiger partial charge is 0.506 e. The van der Waals surface area contributed by atoms with E-state index in [1.54, 1.807) is 60.3 Å². The van der Waals surface area contributed by atoms with Crippen LogP contribution in [0.4, 0.5) is 17.3 Å². The van der Waals surface area contributed by atoms with Crippen molar-refractivity contribution in [1.29, 1.82) is 0 Å². The number of amides is 2. The van der Waals surface area contributed by atoms with Gasteiger partial charge in [-0.2, -0.15) is 0 Å². The highest BCUT2D eigenvalue weighted by Crippen LogP contribution is 2.37. The van der Waals surface area contributed by atoms with Crippen molar-refractivity contribution in [3.63, 3.8) is 0 Å². The molecule has 0 saturated heterocycles. The van der Waals surface area contributed by atoms with E-state index in [-0.39, 0.29) is 29.6 Å². The molecule has 14 heteroatoms. The number of rotatable bonds is 14. The Balaban J connectivity index is 0.893. The van der Waals surface area contributed by atoms with Gasteiger partial charge in [-0.25, -0.2) is 9.13 Å². The van der Waals surface area contributed by atoms with Crippen molar-refractivity contribution in [2.45, 2.75) is 39.5 Å². The molecule has 6 aromatic rings. The molecule has 308 valence electrons. The maximum atomic E-state index is 13.4. The van der Waals surface area contributed by atoms with Crippen molar-refractivity contribution in [2.24, 2.45) is 27.5 Å². The average Bonchev–Trinajstić information content (AvgIpc) is 3.78. The molecule has 0 radical (unpaired) electrons. The zero-order valence-corrected chi connectivity index (χ0v) is 34.9. The van der Waals surface area contributed by atoms with Crippen molar-refractivity contribution in [3.8, 4) is 11.5 Å². The van der Waals surface area contributed by atoms with E-state index in [4.69, 9.17) is 0 Å². The molecule has 0 bridgehead atoms. The van der Waals surface area contributed by atoms with Gasteiger partial charge in [-0.3, -0.25) is 9.59 Å². The molecule has 5 aromatic carbocycles. The maximum Gasteiger partial charge on any atom is 0.421 e. The van der Waals surface area contributed by atoms with Crippen LogP contribution >= 0.6 is 0 Å². The van der Waals surface area contributed by atoms with Crippen LogP contribution < -0.4 is 4.57 Å². The molecular weight excluding hydrogens is 757 g/mol. The summed E-state index contributed by atoms with van der Waals surface area (Å²) in [5.74, 6) is 0.480. The van der Waals surface area contributed by atoms with Gasteiger partial charge in [0, 0.05) is 80.2 Å². The standard InChI is InChI=1S/C46H50N10O4/c1-31-9-11-33-17-19-39(57)41(37(33)29-31)47-49-45-53(5)25-27-55(45)23-7-21-51(3)43(59)35-13-15-36(16-14-35)44(60)52(4)22-8-24-56-28-26-54(6)46(56)50-48-42-38-30-32(2)10-12-34(38)18-20-40(42)58/h9-20,25-30,45H,7-8,21-24H2,1-6H3,(H,49,57)/p+1. The van der Waals surface area contributed by atoms with Gasteiger partial charge in [-0.1, -0.05) is 52.6 Å². The van der Waals surface area contributed by atoms with Crippen molar-refractivity contribution in [2.75, 3.05) is 40.8 Å². The molecule has 1 aliphatic heterocycles. The summed E-state index contributed by atoms with van der Waals surface area (Å²) < 4.78 is 3.83. The van der Waals surface area contributed by atoms with E-state index >= 15 is 0 Å². The van der Waals surface area contributed by atoms with Crippen molar-refractivity contribution >= 4 is 50.7 Å². The summed E-state index contributed by atoms with van der Waals surface area (Å²) in [5.41, 5.74) is 3.99. The molecule has 1 aromatic heterocycles. The summed E-state index contributed by atoms with van der Waals surface area (Å²) in [6.45, 7) is 6.24. The number of carbonyl (C=O) groups excluding carboxylic acids is 2. The smallest absolute Gasteiger partial charge is 0.421 e. The SMILES string of the molecule is Cc1ccc2ccc(O)c(N=Nc3n(CCCN(C)C(=O)c4ccc(C(=O)N(C)CCCN5C=CN(C)C5N=Nc5c(O)ccc6ccc(C)cc56)cc4)cc[n+]3C)c2c1. The number of hydrogen-bond donors (Lipinski definition) is 2. The van der Waals surface area contributed by atoms with Crippen LogP contribution in [0.1, 0.15) is 44.7 Å². The van der Waals surface area contributed by atoms with Crippen LogP contribution in [0.15, 0.2) is 130 Å². The first-order chi connectivity index (χ1) is 28.9. The lowest BCUT2D eigenvalue weighted by atomic mass is 10.1. The van der Waals surface area contributed by atoms with Crippen LogP contribution in [0.5, 0.6) is 11.5 Å². The van der Waals surface area contributed by atoms with Gasteiger partial charge in [0.05, 0.1) is 26.0 Å². The van der Waals surface area contributed by atoms with Gasteiger partial charge in [-0.05, 0) is 86.0 Å². The molecule has 2 heterocycles. The second-order valence-corrected chi connectivity index (χ2v) is 15.4. The third-order valence-corrected chi connectivity index (χ3v) is 10.8. The Kier molecular flexibility index (Phi) is 12.2. The molecule has 0 fully saturated rings. The van der Waals surface area contributed by atoms with E-state index in [0.29, 0.717) is 67.5 Å². The molecule has 1 aliphatic rings. The Morgan fingerprint density at radius 3 is 1.78 bits per heavy atom. The summed E-state index contributed by atoms with van der Waals surface area (Å²) in [7, 11) is 7.35. The molecule has 7 rings (SSSR count). The lowest BCUT2D eigenvalue weighted by Gasteiger charge is -2.27. The number of phenols is 2. The zero-order valence-electron chi connectivity index (χ0n) is 34.9. The van der Waals surface area contributed by atoms with Crippen LogP contribution in [-0.2, 0) is 13.6 Å². The number of aromatic nitrogens is 2. The number of hydrogen-bond acceptors (Lipinski definition) is 10. The number of carbonyl (C=O) groups is 2. The number of imidazole rings is 1. The average molecular weight is 808 g/mol. The van der Waals surface area contributed by atoms with Crippen LogP contribution in [0, 0.1) is 13.8 Å². The number of aryl methyl sites for hydroxylation is 4. The Bertz CT molecular complexity index is 2620. The minimum atomic E-state index is -0.387. The van der Waals surface area contributed by atoms with Crippen molar-refractivity contribution in [1.82, 2.24) is 24.2 Å². The summed E-state index contributed by atoms with van der Waals surface area (Å²) in [4.78, 5) is 34.1. The van der Waals surface area contributed by atoms with Crippen LogP contribution in [0.2, 0.25) is 0 Å². The molecule has 0 spiro atoms. The number of aromatic hydroxyl groups is 2. The van der Waals surface area contributed by atoms with Gasteiger partial charge in [0.25, 0.3) is 11.8 Å². The van der Waals surface area contributed by atoms with Crippen molar-refractivity contribution in [3.05, 3.63) is 132 Å². The van der Waals surface area contributed by atoms with E-state index in [1.165, 1.54) is 0 Å². The number of azo groups is 2. The van der Waals surface area contributed by atoms with Gasteiger partial charge >= 0.3 is 5.95 Å². The summed E-state index contributed by atoms with van der Waals surface area (Å²) >= 11 is 0. The molecular formula is C46H51N10O4+.